The zero-order valence-electron chi connectivity index (χ0n) is 12.6. The van der Waals surface area contributed by atoms with Crippen molar-refractivity contribution in [2.24, 2.45) is 10.4 Å². The monoisotopic (exact) mass is 294 g/mol. The second-order valence-electron chi connectivity index (χ2n) is 6.34. The van der Waals surface area contributed by atoms with Crippen molar-refractivity contribution >= 4 is 16.9 Å². The summed E-state index contributed by atoms with van der Waals surface area (Å²) >= 11 is 1.73. The van der Waals surface area contributed by atoms with E-state index in [2.05, 4.69) is 26.1 Å². The van der Waals surface area contributed by atoms with Crippen LogP contribution in [0.4, 0.5) is 4.39 Å². The number of benzene rings is 1. The van der Waals surface area contributed by atoms with Crippen LogP contribution in [-0.4, -0.2) is 17.0 Å². The first-order valence-electron chi connectivity index (χ1n) is 7.09. The Morgan fingerprint density at radius 3 is 2.70 bits per heavy atom. The fraction of sp³-hybridized carbons (Fsp3) is 0.562. The summed E-state index contributed by atoms with van der Waals surface area (Å²) < 4.78 is 13.8. The molecule has 2 atom stereocenters. The molecule has 4 heteroatoms. The van der Waals surface area contributed by atoms with Crippen LogP contribution < -0.4 is 5.32 Å². The molecule has 0 bridgehead atoms. The van der Waals surface area contributed by atoms with Gasteiger partial charge in [0.25, 0.3) is 0 Å². The van der Waals surface area contributed by atoms with E-state index in [1.165, 1.54) is 6.07 Å². The number of hydrogen-bond donors (Lipinski definition) is 1. The number of amidine groups is 1. The van der Waals surface area contributed by atoms with Crippen molar-refractivity contribution in [2.75, 3.05) is 5.75 Å². The zero-order valence-corrected chi connectivity index (χ0v) is 13.4. The molecular weight excluding hydrogens is 271 g/mol. The number of aliphatic imine (C=N–C) groups is 1. The lowest BCUT2D eigenvalue weighted by atomic mass is 9.85. The molecule has 1 N–H and O–H groups in total. The van der Waals surface area contributed by atoms with Gasteiger partial charge in [-0.25, -0.2) is 4.39 Å². The quantitative estimate of drug-likeness (QED) is 0.875. The van der Waals surface area contributed by atoms with Crippen LogP contribution in [0.2, 0.25) is 0 Å². The SMILES string of the molecule is CC(NC1=NC(C(C)(C)C)CCS1)c1ccccc1F. The zero-order chi connectivity index (χ0) is 14.8. The highest BCUT2D eigenvalue weighted by atomic mass is 32.2. The second-order valence-corrected chi connectivity index (χ2v) is 7.42. The summed E-state index contributed by atoms with van der Waals surface area (Å²) in [5.41, 5.74) is 0.864. The topological polar surface area (TPSA) is 24.4 Å². The molecule has 2 unspecified atom stereocenters. The maximum Gasteiger partial charge on any atom is 0.157 e. The Labute approximate surface area is 125 Å². The smallest absolute Gasteiger partial charge is 0.157 e. The minimum Gasteiger partial charge on any atom is -0.358 e. The highest BCUT2D eigenvalue weighted by Crippen LogP contribution is 2.31. The van der Waals surface area contributed by atoms with Crippen molar-refractivity contribution in [3.05, 3.63) is 35.6 Å². The highest BCUT2D eigenvalue weighted by molar-refractivity contribution is 8.13. The van der Waals surface area contributed by atoms with Crippen molar-refractivity contribution in [2.45, 2.75) is 46.2 Å². The molecule has 0 saturated heterocycles. The van der Waals surface area contributed by atoms with Crippen LogP contribution in [0.15, 0.2) is 29.3 Å². The molecule has 0 radical (unpaired) electrons. The van der Waals surface area contributed by atoms with Crippen LogP contribution in [-0.2, 0) is 0 Å². The predicted octanol–water partition coefficient (Wildman–Crippen LogP) is 4.38. The molecule has 0 spiro atoms. The van der Waals surface area contributed by atoms with Crippen molar-refractivity contribution in [3.63, 3.8) is 0 Å². The van der Waals surface area contributed by atoms with Crippen molar-refractivity contribution < 1.29 is 4.39 Å². The van der Waals surface area contributed by atoms with E-state index >= 15 is 0 Å². The first-order chi connectivity index (χ1) is 9.38. The average molecular weight is 294 g/mol. The van der Waals surface area contributed by atoms with Gasteiger partial charge < -0.3 is 5.32 Å². The van der Waals surface area contributed by atoms with Crippen molar-refractivity contribution in [1.29, 1.82) is 0 Å². The van der Waals surface area contributed by atoms with Crippen molar-refractivity contribution in [1.82, 2.24) is 5.32 Å². The summed E-state index contributed by atoms with van der Waals surface area (Å²) in [6.07, 6.45) is 1.10. The lowest BCUT2D eigenvalue weighted by Crippen LogP contribution is -2.34. The third kappa shape index (κ3) is 3.75. The minimum absolute atomic E-state index is 0.0684. The van der Waals surface area contributed by atoms with Gasteiger partial charge in [0, 0.05) is 11.3 Å². The number of rotatable bonds is 2. The summed E-state index contributed by atoms with van der Waals surface area (Å²) in [5, 5.41) is 4.29. The number of halogens is 1. The molecule has 0 aromatic heterocycles. The van der Waals surface area contributed by atoms with Crippen LogP contribution in [0.3, 0.4) is 0 Å². The van der Waals surface area contributed by atoms with E-state index in [-0.39, 0.29) is 17.3 Å². The Hall–Kier alpha value is -1.03. The van der Waals surface area contributed by atoms with Crippen LogP contribution in [0.1, 0.15) is 45.7 Å². The fourth-order valence-corrected chi connectivity index (χ4v) is 3.30. The predicted molar refractivity (Wildman–Crippen MR) is 85.7 cm³/mol. The Balaban J connectivity index is 2.10. The lowest BCUT2D eigenvalue weighted by Gasteiger charge is -2.31. The van der Waals surface area contributed by atoms with Crippen molar-refractivity contribution in [3.8, 4) is 0 Å². The molecule has 0 amide bonds. The third-order valence-corrected chi connectivity index (χ3v) is 4.55. The van der Waals surface area contributed by atoms with Gasteiger partial charge in [0.15, 0.2) is 5.17 Å². The van der Waals surface area contributed by atoms with Crippen LogP contribution >= 0.6 is 11.8 Å². The van der Waals surface area contributed by atoms with E-state index in [1.54, 1.807) is 17.8 Å². The molecule has 1 aliphatic rings. The molecule has 1 heterocycles. The normalized spacial score (nSPS) is 21.2. The molecule has 2 nitrogen and oxygen atoms in total. The molecule has 0 aliphatic carbocycles. The summed E-state index contributed by atoms with van der Waals surface area (Å²) in [7, 11) is 0. The fourth-order valence-electron chi connectivity index (χ4n) is 2.31. The van der Waals surface area contributed by atoms with E-state index in [4.69, 9.17) is 4.99 Å². The molecule has 1 aliphatic heterocycles. The van der Waals surface area contributed by atoms with Gasteiger partial charge in [-0.3, -0.25) is 4.99 Å². The largest absolute Gasteiger partial charge is 0.358 e. The number of nitrogens with zero attached hydrogens (tertiary/aromatic N) is 1. The van der Waals surface area contributed by atoms with Gasteiger partial charge in [0.1, 0.15) is 5.82 Å². The van der Waals surface area contributed by atoms with E-state index in [9.17, 15) is 4.39 Å². The minimum atomic E-state index is -0.165. The van der Waals surface area contributed by atoms with Crippen LogP contribution in [0.5, 0.6) is 0 Å². The molecule has 20 heavy (non-hydrogen) atoms. The molecule has 0 fully saturated rings. The molecule has 1 aromatic carbocycles. The second kappa shape index (κ2) is 6.17. The standard InChI is InChI=1S/C16H23FN2S/c1-11(12-7-5-6-8-13(12)17)18-15-19-14(9-10-20-15)16(2,3)4/h5-8,11,14H,9-10H2,1-4H3,(H,18,19). The van der Waals surface area contributed by atoms with Gasteiger partial charge in [-0.05, 0) is 24.8 Å². The molecular formula is C16H23FN2S. The van der Waals surface area contributed by atoms with Gasteiger partial charge in [0.2, 0.25) is 0 Å². The van der Waals surface area contributed by atoms with E-state index < -0.39 is 0 Å². The first kappa shape index (κ1) is 15.4. The maximum atomic E-state index is 13.8. The Morgan fingerprint density at radius 1 is 1.35 bits per heavy atom. The molecule has 0 saturated carbocycles. The van der Waals surface area contributed by atoms with Gasteiger partial charge in [0.05, 0.1) is 12.1 Å². The summed E-state index contributed by atoms with van der Waals surface area (Å²) in [6.45, 7) is 8.63. The molecule has 2 rings (SSSR count). The van der Waals surface area contributed by atoms with Crippen LogP contribution in [0.25, 0.3) is 0 Å². The maximum absolute atomic E-state index is 13.8. The lowest BCUT2D eigenvalue weighted by molar-refractivity contribution is 0.315. The average Bonchev–Trinajstić information content (AvgIpc) is 2.38. The first-order valence-corrected chi connectivity index (χ1v) is 8.08. The van der Waals surface area contributed by atoms with Gasteiger partial charge in [-0.2, -0.15) is 0 Å². The Morgan fingerprint density at radius 2 is 2.05 bits per heavy atom. The van der Waals surface area contributed by atoms with E-state index in [0.717, 1.165) is 17.3 Å². The third-order valence-electron chi connectivity index (χ3n) is 3.61. The Bertz CT molecular complexity index is 493. The molecule has 1 aromatic rings. The number of hydrogen-bond acceptors (Lipinski definition) is 3. The summed E-state index contributed by atoms with van der Waals surface area (Å²) in [5.74, 6) is 0.902. The van der Waals surface area contributed by atoms with Crippen LogP contribution in [0, 0.1) is 11.2 Å². The van der Waals surface area contributed by atoms with Gasteiger partial charge in [-0.15, -0.1) is 0 Å². The number of thioether (sulfide) groups is 1. The summed E-state index contributed by atoms with van der Waals surface area (Å²) in [6, 6.07) is 7.17. The summed E-state index contributed by atoms with van der Waals surface area (Å²) in [4.78, 5) is 4.79. The van der Waals surface area contributed by atoms with Gasteiger partial charge >= 0.3 is 0 Å². The molecule has 110 valence electrons. The Kier molecular flexibility index (Phi) is 4.74. The van der Waals surface area contributed by atoms with E-state index in [0.29, 0.717) is 11.6 Å². The van der Waals surface area contributed by atoms with E-state index in [1.807, 2.05) is 19.1 Å². The highest BCUT2D eigenvalue weighted by Gasteiger charge is 2.27. The number of nitrogens with one attached hydrogen (secondary N) is 1. The van der Waals surface area contributed by atoms with Gasteiger partial charge in [-0.1, -0.05) is 50.7 Å².